The maximum absolute atomic E-state index is 11.8. The van der Waals surface area contributed by atoms with Crippen LogP contribution in [0.2, 0.25) is 0 Å². The molecular weight excluding hydrogens is 199 g/mol. The highest BCUT2D eigenvalue weighted by atomic mass is 19.4. The van der Waals surface area contributed by atoms with Gasteiger partial charge in [0.1, 0.15) is 0 Å². The molecule has 6 heteroatoms. The number of hydrogen-bond acceptors (Lipinski definition) is 3. The number of aryl methyl sites for hydroxylation is 2. The molecule has 1 aromatic rings. The number of ether oxygens (including phenoxy) is 1. The van der Waals surface area contributed by atoms with Crippen LogP contribution in [0.3, 0.4) is 0 Å². The van der Waals surface area contributed by atoms with Crippen molar-refractivity contribution in [2.75, 3.05) is 0 Å². The Morgan fingerprint density at radius 1 is 1.36 bits per heavy atom. The Labute approximate surface area is 78.2 Å². The van der Waals surface area contributed by atoms with Crippen molar-refractivity contribution in [3.63, 3.8) is 0 Å². The third-order valence-electron chi connectivity index (χ3n) is 1.49. The van der Waals surface area contributed by atoms with Gasteiger partial charge in [0, 0.05) is 5.69 Å². The van der Waals surface area contributed by atoms with Crippen molar-refractivity contribution >= 4 is 0 Å². The number of alkyl halides is 3. The lowest BCUT2D eigenvalue weighted by Gasteiger charge is -2.11. The fraction of sp³-hybridized carbons (Fsp3) is 0.375. The highest BCUT2D eigenvalue weighted by molar-refractivity contribution is 5.40. The number of aromatic hydroxyl groups is 1. The summed E-state index contributed by atoms with van der Waals surface area (Å²) in [4.78, 5) is 3.43. The van der Waals surface area contributed by atoms with Crippen molar-refractivity contribution in [3.8, 4) is 11.6 Å². The number of nitrogens with zero attached hydrogens (tertiary/aromatic N) is 1. The second kappa shape index (κ2) is 3.36. The quantitative estimate of drug-likeness (QED) is 0.768. The highest BCUT2D eigenvalue weighted by Gasteiger charge is 2.33. The normalized spacial score (nSPS) is 11.5. The Bertz CT molecular complexity index is 349. The number of halogens is 3. The van der Waals surface area contributed by atoms with E-state index in [1.165, 1.54) is 19.9 Å². The van der Waals surface area contributed by atoms with E-state index in [1.807, 2.05) is 0 Å². The third kappa shape index (κ3) is 2.51. The van der Waals surface area contributed by atoms with E-state index in [1.54, 1.807) is 0 Å². The van der Waals surface area contributed by atoms with E-state index in [0.717, 1.165) is 0 Å². The largest absolute Gasteiger partial charge is 0.574 e. The summed E-state index contributed by atoms with van der Waals surface area (Å²) in [6, 6.07) is 1.46. The summed E-state index contributed by atoms with van der Waals surface area (Å²) in [5.74, 6) is -1.40. The molecule has 0 atom stereocenters. The molecule has 0 aliphatic heterocycles. The molecule has 1 N–H and O–H groups in total. The maximum atomic E-state index is 11.8. The first kappa shape index (κ1) is 10.6. The predicted octanol–water partition coefficient (Wildman–Crippen LogP) is 2.30. The van der Waals surface area contributed by atoms with Crippen molar-refractivity contribution in [2.45, 2.75) is 20.2 Å². The van der Waals surface area contributed by atoms with Gasteiger partial charge in [-0.3, -0.25) is 0 Å². The van der Waals surface area contributed by atoms with Gasteiger partial charge in [0.25, 0.3) is 5.88 Å². The minimum atomic E-state index is -4.84. The van der Waals surface area contributed by atoms with Crippen molar-refractivity contribution in [2.24, 2.45) is 0 Å². The minimum absolute atomic E-state index is 0.289. The standard InChI is InChI=1S/C8H8F3NO2/c1-4-3-5(2)12-7(6(4)13)14-8(9,10)11/h3,13H,1-2H3. The Hall–Kier alpha value is -1.46. The molecule has 0 radical (unpaired) electrons. The van der Waals surface area contributed by atoms with E-state index >= 15 is 0 Å². The molecule has 0 aromatic carbocycles. The van der Waals surface area contributed by atoms with Crippen molar-refractivity contribution in [1.29, 1.82) is 0 Å². The van der Waals surface area contributed by atoms with Gasteiger partial charge in [0.05, 0.1) is 0 Å². The van der Waals surface area contributed by atoms with E-state index in [9.17, 15) is 18.3 Å². The lowest BCUT2D eigenvalue weighted by atomic mass is 10.2. The number of aromatic nitrogens is 1. The molecule has 0 bridgehead atoms. The molecule has 3 nitrogen and oxygen atoms in total. The van der Waals surface area contributed by atoms with E-state index in [0.29, 0.717) is 5.69 Å². The van der Waals surface area contributed by atoms with Gasteiger partial charge in [-0.15, -0.1) is 13.2 Å². The van der Waals surface area contributed by atoms with Crippen LogP contribution < -0.4 is 4.74 Å². The molecule has 0 saturated heterocycles. The van der Waals surface area contributed by atoms with E-state index < -0.39 is 18.0 Å². The summed E-state index contributed by atoms with van der Waals surface area (Å²) in [7, 11) is 0. The highest BCUT2D eigenvalue weighted by Crippen LogP contribution is 2.31. The van der Waals surface area contributed by atoms with E-state index in [2.05, 4.69) is 9.72 Å². The second-order valence-corrected chi connectivity index (χ2v) is 2.78. The Morgan fingerprint density at radius 2 is 1.93 bits per heavy atom. The van der Waals surface area contributed by atoms with E-state index in [-0.39, 0.29) is 5.56 Å². The lowest BCUT2D eigenvalue weighted by molar-refractivity contribution is -0.276. The molecule has 14 heavy (non-hydrogen) atoms. The van der Waals surface area contributed by atoms with Crippen molar-refractivity contribution in [3.05, 3.63) is 17.3 Å². The van der Waals surface area contributed by atoms with Crippen LogP contribution in [-0.4, -0.2) is 16.5 Å². The summed E-state index contributed by atoms with van der Waals surface area (Å²) < 4.78 is 39.0. The molecule has 0 fully saturated rings. The smallest absolute Gasteiger partial charge is 0.503 e. The fourth-order valence-corrected chi connectivity index (χ4v) is 0.977. The molecule has 1 heterocycles. The Morgan fingerprint density at radius 3 is 2.43 bits per heavy atom. The molecule has 0 unspecified atom stereocenters. The van der Waals surface area contributed by atoms with Crippen LogP contribution in [0.15, 0.2) is 6.07 Å². The maximum Gasteiger partial charge on any atom is 0.574 e. The molecule has 1 aromatic heterocycles. The summed E-state index contributed by atoms with van der Waals surface area (Å²) in [5, 5.41) is 9.20. The van der Waals surface area contributed by atoms with Gasteiger partial charge in [-0.25, -0.2) is 4.98 Å². The first-order chi connectivity index (χ1) is 6.29. The number of rotatable bonds is 1. The topological polar surface area (TPSA) is 42.4 Å². The molecule has 0 aliphatic rings. The van der Waals surface area contributed by atoms with Gasteiger partial charge in [0.15, 0.2) is 5.75 Å². The summed E-state index contributed by atoms with van der Waals surface area (Å²) >= 11 is 0. The molecule has 78 valence electrons. The zero-order valence-corrected chi connectivity index (χ0v) is 7.51. The van der Waals surface area contributed by atoms with Crippen LogP contribution in [0.25, 0.3) is 0 Å². The molecular formula is C8H8F3NO2. The average molecular weight is 207 g/mol. The van der Waals surface area contributed by atoms with Gasteiger partial charge in [-0.2, -0.15) is 0 Å². The summed E-state index contributed by atoms with van der Waals surface area (Å²) in [5.41, 5.74) is 0.635. The average Bonchev–Trinajstić information content (AvgIpc) is 1.96. The summed E-state index contributed by atoms with van der Waals surface area (Å²) in [6.45, 7) is 2.98. The van der Waals surface area contributed by atoms with Gasteiger partial charge in [-0.05, 0) is 25.5 Å². The molecule has 0 amide bonds. The Balaban J connectivity index is 3.09. The van der Waals surface area contributed by atoms with Crippen LogP contribution in [0, 0.1) is 13.8 Å². The van der Waals surface area contributed by atoms with Crippen LogP contribution in [0.1, 0.15) is 11.3 Å². The van der Waals surface area contributed by atoms with Gasteiger partial charge in [-0.1, -0.05) is 0 Å². The monoisotopic (exact) mass is 207 g/mol. The lowest BCUT2D eigenvalue weighted by Crippen LogP contribution is -2.18. The van der Waals surface area contributed by atoms with Crippen LogP contribution in [0.5, 0.6) is 11.6 Å². The zero-order valence-electron chi connectivity index (χ0n) is 7.51. The van der Waals surface area contributed by atoms with Crippen molar-refractivity contribution in [1.82, 2.24) is 4.98 Å². The SMILES string of the molecule is Cc1cc(C)c(O)c(OC(F)(F)F)n1. The molecule has 0 aliphatic carbocycles. The molecule has 0 saturated carbocycles. The molecule has 0 spiro atoms. The van der Waals surface area contributed by atoms with Gasteiger partial charge in [0.2, 0.25) is 0 Å². The summed E-state index contributed by atoms with van der Waals surface area (Å²) in [6.07, 6.45) is -4.84. The van der Waals surface area contributed by atoms with E-state index in [4.69, 9.17) is 0 Å². The van der Waals surface area contributed by atoms with Crippen molar-refractivity contribution < 1.29 is 23.0 Å². The number of pyridine rings is 1. The Kier molecular flexibility index (Phi) is 2.55. The zero-order chi connectivity index (χ0) is 10.9. The number of hydrogen-bond donors (Lipinski definition) is 1. The predicted molar refractivity (Wildman–Crippen MR) is 42.1 cm³/mol. The van der Waals surface area contributed by atoms with Crippen LogP contribution in [0.4, 0.5) is 13.2 Å². The first-order valence-electron chi connectivity index (χ1n) is 3.72. The molecule has 1 rings (SSSR count). The van der Waals surface area contributed by atoms with Crippen LogP contribution in [-0.2, 0) is 0 Å². The first-order valence-corrected chi connectivity index (χ1v) is 3.72. The van der Waals surface area contributed by atoms with Gasteiger partial charge >= 0.3 is 6.36 Å². The van der Waals surface area contributed by atoms with Gasteiger partial charge < -0.3 is 9.84 Å². The second-order valence-electron chi connectivity index (χ2n) is 2.78. The minimum Gasteiger partial charge on any atom is -0.503 e. The third-order valence-corrected chi connectivity index (χ3v) is 1.49. The fourth-order valence-electron chi connectivity index (χ4n) is 0.977. The van der Waals surface area contributed by atoms with Crippen LogP contribution >= 0.6 is 0 Å².